The number of hydrogen-bond donors (Lipinski definition) is 2. The van der Waals surface area contributed by atoms with Gasteiger partial charge in [0.1, 0.15) is 0 Å². The number of nitrogens with two attached hydrogens (primary N) is 1. The lowest BCUT2D eigenvalue weighted by atomic mass is 10.2. The molecule has 0 atom stereocenters. The molecule has 0 spiro atoms. The lowest BCUT2D eigenvalue weighted by Crippen LogP contribution is -2.21. The van der Waals surface area contributed by atoms with Gasteiger partial charge in [0, 0.05) is 18.0 Å². The summed E-state index contributed by atoms with van der Waals surface area (Å²) in [6.45, 7) is 0. The summed E-state index contributed by atoms with van der Waals surface area (Å²) in [6, 6.07) is 8.40. The van der Waals surface area contributed by atoms with E-state index in [1.807, 2.05) is 12.1 Å². The summed E-state index contributed by atoms with van der Waals surface area (Å²) >= 11 is 5.83. The predicted molar refractivity (Wildman–Crippen MR) is 64.0 cm³/mol. The minimum atomic E-state index is -0.238. The number of halogens is 1. The Labute approximate surface area is 97.6 Å². The van der Waals surface area contributed by atoms with E-state index in [2.05, 4.69) is 5.43 Å². The average molecular weight is 236 g/mol. The molecule has 1 amide bonds. The smallest absolute Gasteiger partial charge is 0.270 e. The van der Waals surface area contributed by atoms with Gasteiger partial charge in [-0.3, -0.25) is 14.9 Å². The van der Waals surface area contributed by atoms with Crippen LogP contribution in [-0.4, -0.2) is 10.6 Å². The maximum absolute atomic E-state index is 11.7. The van der Waals surface area contributed by atoms with Crippen molar-refractivity contribution in [1.29, 1.82) is 0 Å². The van der Waals surface area contributed by atoms with E-state index >= 15 is 0 Å². The monoisotopic (exact) mass is 235 g/mol. The number of hydrogen-bond acceptors (Lipinski definition) is 2. The van der Waals surface area contributed by atoms with Gasteiger partial charge >= 0.3 is 0 Å². The molecule has 1 heterocycles. The Morgan fingerprint density at radius 3 is 2.62 bits per heavy atom. The van der Waals surface area contributed by atoms with Gasteiger partial charge in [0.2, 0.25) is 0 Å². The molecule has 0 unspecified atom stereocenters. The Hall–Kier alpha value is -1.94. The fourth-order valence-electron chi connectivity index (χ4n) is 1.26. The molecule has 0 saturated heterocycles. The quantitative estimate of drug-likeness (QED) is 0.784. The number of nitrogens with one attached hydrogen (secondary N) is 1. The van der Waals surface area contributed by atoms with Crippen molar-refractivity contribution in [1.82, 2.24) is 4.68 Å². The number of aromatic nitrogens is 1. The van der Waals surface area contributed by atoms with Crippen LogP contribution in [0.2, 0.25) is 5.02 Å². The van der Waals surface area contributed by atoms with Gasteiger partial charge in [-0.2, -0.15) is 0 Å². The standard InChI is InChI=1S/C11H10ClN3O/c12-9-7-8(3-4-10(9)13)11(16)14-15-5-1-2-6-15/h1-7H,13H2,(H,14,16). The van der Waals surface area contributed by atoms with Crippen molar-refractivity contribution in [2.24, 2.45) is 0 Å². The molecule has 0 fully saturated rings. The van der Waals surface area contributed by atoms with Crippen LogP contribution in [0.3, 0.4) is 0 Å². The molecule has 2 aromatic rings. The third-order valence-corrected chi connectivity index (χ3v) is 2.43. The average Bonchev–Trinajstić information content (AvgIpc) is 2.74. The molecule has 0 aliphatic heterocycles. The van der Waals surface area contributed by atoms with E-state index in [9.17, 15) is 4.79 Å². The van der Waals surface area contributed by atoms with Crippen LogP contribution in [0.15, 0.2) is 42.7 Å². The summed E-state index contributed by atoms with van der Waals surface area (Å²) in [5.41, 5.74) is 9.14. The highest BCUT2D eigenvalue weighted by Gasteiger charge is 2.07. The van der Waals surface area contributed by atoms with E-state index in [4.69, 9.17) is 17.3 Å². The number of anilines is 1. The number of rotatable bonds is 2. The second kappa shape index (κ2) is 4.28. The number of nitrogens with zero attached hydrogens (tertiary/aromatic N) is 1. The molecule has 2 rings (SSSR count). The summed E-state index contributed by atoms with van der Waals surface area (Å²) in [4.78, 5) is 11.7. The van der Waals surface area contributed by atoms with Gasteiger partial charge in [-0.1, -0.05) is 11.6 Å². The van der Waals surface area contributed by atoms with Crippen LogP contribution in [0, 0.1) is 0 Å². The maximum Gasteiger partial charge on any atom is 0.270 e. The highest BCUT2D eigenvalue weighted by atomic mass is 35.5. The summed E-state index contributed by atoms with van der Waals surface area (Å²) in [7, 11) is 0. The zero-order chi connectivity index (χ0) is 11.5. The van der Waals surface area contributed by atoms with Crippen LogP contribution < -0.4 is 11.2 Å². The van der Waals surface area contributed by atoms with Crippen molar-refractivity contribution >= 4 is 23.2 Å². The van der Waals surface area contributed by atoms with Crippen LogP contribution in [-0.2, 0) is 0 Å². The van der Waals surface area contributed by atoms with Gasteiger partial charge < -0.3 is 5.73 Å². The Bertz CT molecular complexity index is 508. The number of nitrogen functional groups attached to an aromatic ring is 1. The van der Waals surface area contributed by atoms with E-state index in [-0.39, 0.29) is 5.91 Å². The molecule has 0 saturated carbocycles. The van der Waals surface area contributed by atoms with Crippen LogP contribution in [0.5, 0.6) is 0 Å². The van der Waals surface area contributed by atoms with E-state index in [1.54, 1.807) is 29.2 Å². The fraction of sp³-hybridized carbons (Fsp3) is 0. The molecule has 4 nitrogen and oxygen atoms in total. The summed E-state index contributed by atoms with van der Waals surface area (Å²) < 4.78 is 1.56. The number of benzene rings is 1. The van der Waals surface area contributed by atoms with Gasteiger partial charge in [-0.15, -0.1) is 0 Å². The van der Waals surface area contributed by atoms with Crippen molar-refractivity contribution in [2.75, 3.05) is 11.2 Å². The number of amides is 1. The first-order valence-corrected chi connectivity index (χ1v) is 5.04. The van der Waals surface area contributed by atoms with Crippen LogP contribution in [0.1, 0.15) is 10.4 Å². The van der Waals surface area contributed by atoms with E-state index in [0.29, 0.717) is 16.3 Å². The summed E-state index contributed by atoms with van der Waals surface area (Å²) in [5, 5.41) is 0.375. The Morgan fingerprint density at radius 2 is 2.00 bits per heavy atom. The molecule has 16 heavy (non-hydrogen) atoms. The van der Waals surface area contributed by atoms with E-state index in [0.717, 1.165) is 0 Å². The molecule has 1 aromatic heterocycles. The van der Waals surface area contributed by atoms with Crippen LogP contribution in [0.25, 0.3) is 0 Å². The lowest BCUT2D eigenvalue weighted by Gasteiger charge is -2.06. The van der Waals surface area contributed by atoms with E-state index in [1.165, 1.54) is 6.07 Å². The molecule has 1 aromatic carbocycles. The third kappa shape index (κ3) is 2.17. The summed E-state index contributed by atoms with van der Waals surface area (Å²) in [5.74, 6) is -0.238. The Balaban J connectivity index is 2.18. The second-order valence-corrected chi connectivity index (χ2v) is 3.67. The molecule has 0 aliphatic rings. The van der Waals surface area contributed by atoms with Crippen molar-refractivity contribution in [3.8, 4) is 0 Å². The molecule has 0 aliphatic carbocycles. The summed E-state index contributed by atoms with van der Waals surface area (Å²) in [6.07, 6.45) is 3.47. The molecule has 0 radical (unpaired) electrons. The molecule has 0 bridgehead atoms. The molecule has 5 heteroatoms. The molecule has 82 valence electrons. The van der Waals surface area contributed by atoms with Crippen molar-refractivity contribution in [3.05, 3.63) is 53.3 Å². The van der Waals surface area contributed by atoms with Crippen LogP contribution >= 0.6 is 11.6 Å². The predicted octanol–water partition coefficient (Wildman–Crippen LogP) is 2.11. The van der Waals surface area contributed by atoms with Gasteiger partial charge in [-0.05, 0) is 30.3 Å². The third-order valence-electron chi connectivity index (χ3n) is 2.10. The zero-order valence-electron chi connectivity index (χ0n) is 8.35. The first-order chi connectivity index (χ1) is 7.66. The molecular weight excluding hydrogens is 226 g/mol. The molecular formula is C11H10ClN3O. The zero-order valence-corrected chi connectivity index (χ0v) is 9.11. The van der Waals surface area contributed by atoms with Gasteiger partial charge in [0.25, 0.3) is 5.91 Å². The molecule has 3 N–H and O–H groups in total. The fourth-order valence-corrected chi connectivity index (χ4v) is 1.44. The normalized spacial score (nSPS) is 10.1. The van der Waals surface area contributed by atoms with E-state index < -0.39 is 0 Å². The largest absolute Gasteiger partial charge is 0.398 e. The lowest BCUT2D eigenvalue weighted by molar-refractivity contribution is 0.101. The highest BCUT2D eigenvalue weighted by Crippen LogP contribution is 2.19. The first-order valence-electron chi connectivity index (χ1n) is 4.66. The van der Waals surface area contributed by atoms with Crippen molar-refractivity contribution in [3.63, 3.8) is 0 Å². The van der Waals surface area contributed by atoms with Gasteiger partial charge in [0.15, 0.2) is 0 Å². The van der Waals surface area contributed by atoms with Crippen molar-refractivity contribution < 1.29 is 4.79 Å². The Morgan fingerprint density at radius 1 is 1.31 bits per heavy atom. The number of carbonyl (C=O) groups is 1. The topological polar surface area (TPSA) is 60.1 Å². The minimum Gasteiger partial charge on any atom is -0.398 e. The Kier molecular flexibility index (Phi) is 2.83. The van der Waals surface area contributed by atoms with Crippen molar-refractivity contribution in [2.45, 2.75) is 0 Å². The van der Waals surface area contributed by atoms with Gasteiger partial charge in [0.05, 0.1) is 10.7 Å². The first kappa shape index (κ1) is 10.6. The number of carbonyl (C=O) groups excluding carboxylic acids is 1. The highest BCUT2D eigenvalue weighted by molar-refractivity contribution is 6.33. The minimum absolute atomic E-state index is 0.238. The maximum atomic E-state index is 11.7. The van der Waals surface area contributed by atoms with Crippen LogP contribution in [0.4, 0.5) is 5.69 Å². The SMILES string of the molecule is Nc1ccc(C(=O)Nn2cccc2)cc1Cl. The van der Waals surface area contributed by atoms with Gasteiger partial charge in [-0.25, -0.2) is 0 Å². The second-order valence-electron chi connectivity index (χ2n) is 3.27.